The molecule has 1 amide bonds. The molecule has 0 saturated heterocycles. The standard InChI is InChI=1S/C20H27N5O/c1-20(2)10-17-16(11-23-25(17)12-20)13-6-7-22-18(9-13)24-19(26)14-4-3-5-15(21)8-14/h6-7,9,11,14-15H,3-5,8,10,12,21H2,1-2H3,(H,22,24,26)/t14-,15+/m0/s1. The quantitative estimate of drug-likeness (QED) is 0.888. The van der Waals surface area contributed by atoms with Crippen LogP contribution in [0.3, 0.4) is 0 Å². The van der Waals surface area contributed by atoms with Crippen LogP contribution >= 0.6 is 0 Å². The second-order valence-corrected chi connectivity index (χ2v) is 8.55. The molecule has 6 nitrogen and oxygen atoms in total. The van der Waals surface area contributed by atoms with Gasteiger partial charge in [-0.2, -0.15) is 5.10 Å². The van der Waals surface area contributed by atoms with Crippen LogP contribution in [0.1, 0.15) is 45.2 Å². The Balaban J connectivity index is 1.52. The number of nitrogens with zero attached hydrogens (tertiary/aromatic N) is 3. The van der Waals surface area contributed by atoms with Gasteiger partial charge in [0, 0.05) is 36.0 Å². The smallest absolute Gasteiger partial charge is 0.228 e. The number of fused-ring (bicyclic) bond motifs is 1. The highest BCUT2D eigenvalue weighted by molar-refractivity contribution is 5.92. The van der Waals surface area contributed by atoms with E-state index < -0.39 is 0 Å². The van der Waals surface area contributed by atoms with Crippen LogP contribution in [0.15, 0.2) is 24.5 Å². The number of anilines is 1. The first kappa shape index (κ1) is 17.2. The highest BCUT2D eigenvalue weighted by Gasteiger charge is 2.31. The number of hydrogen-bond acceptors (Lipinski definition) is 4. The number of carbonyl (C=O) groups is 1. The average molecular weight is 353 g/mol. The molecule has 1 saturated carbocycles. The fourth-order valence-corrected chi connectivity index (χ4v) is 4.25. The largest absolute Gasteiger partial charge is 0.328 e. The Kier molecular flexibility index (Phi) is 4.31. The fraction of sp³-hybridized carbons (Fsp3) is 0.550. The normalized spacial score (nSPS) is 24.3. The van der Waals surface area contributed by atoms with Gasteiger partial charge in [0.15, 0.2) is 0 Å². The maximum Gasteiger partial charge on any atom is 0.228 e. The SMILES string of the molecule is CC1(C)Cc2c(-c3ccnc(NC(=O)[C@H]4CCC[C@@H](N)C4)c3)cnn2C1. The summed E-state index contributed by atoms with van der Waals surface area (Å²) in [7, 11) is 0. The first-order valence-electron chi connectivity index (χ1n) is 9.49. The molecule has 138 valence electrons. The highest BCUT2D eigenvalue weighted by atomic mass is 16.1. The average Bonchev–Trinajstić information content (AvgIpc) is 3.10. The predicted molar refractivity (Wildman–Crippen MR) is 102 cm³/mol. The van der Waals surface area contributed by atoms with E-state index in [2.05, 4.69) is 33.9 Å². The van der Waals surface area contributed by atoms with Crippen LogP contribution < -0.4 is 11.1 Å². The van der Waals surface area contributed by atoms with Crippen LogP contribution in [-0.4, -0.2) is 26.7 Å². The lowest BCUT2D eigenvalue weighted by molar-refractivity contribution is -0.120. The number of nitrogens with one attached hydrogen (secondary N) is 1. The maximum absolute atomic E-state index is 12.6. The van der Waals surface area contributed by atoms with Gasteiger partial charge < -0.3 is 11.1 Å². The van der Waals surface area contributed by atoms with Gasteiger partial charge in [0.2, 0.25) is 5.91 Å². The molecule has 26 heavy (non-hydrogen) atoms. The van der Waals surface area contributed by atoms with Crippen LogP contribution in [0, 0.1) is 11.3 Å². The van der Waals surface area contributed by atoms with Gasteiger partial charge >= 0.3 is 0 Å². The summed E-state index contributed by atoms with van der Waals surface area (Å²) in [4.78, 5) is 16.9. The number of amides is 1. The molecule has 2 atom stereocenters. The van der Waals surface area contributed by atoms with E-state index in [4.69, 9.17) is 5.73 Å². The van der Waals surface area contributed by atoms with E-state index in [1.807, 2.05) is 18.3 Å². The highest BCUT2D eigenvalue weighted by Crippen LogP contribution is 2.37. The van der Waals surface area contributed by atoms with Crippen LogP contribution in [-0.2, 0) is 17.8 Å². The number of carbonyl (C=O) groups excluding carboxylic acids is 1. The monoisotopic (exact) mass is 353 g/mol. The Hall–Kier alpha value is -2.21. The minimum atomic E-state index is -0.00889. The lowest BCUT2D eigenvalue weighted by atomic mass is 9.85. The van der Waals surface area contributed by atoms with Crippen molar-refractivity contribution in [2.75, 3.05) is 5.32 Å². The lowest BCUT2D eigenvalue weighted by Crippen LogP contribution is -2.34. The predicted octanol–water partition coefficient (Wildman–Crippen LogP) is 2.98. The van der Waals surface area contributed by atoms with Crippen molar-refractivity contribution in [3.05, 3.63) is 30.2 Å². The Bertz CT molecular complexity index is 825. The number of pyridine rings is 1. The summed E-state index contributed by atoms with van der Waals surface area (Å²) < 4.78 is 2.09. The molecule has 2 aromatic rings. The molecule has 0 bridgehead atoms. The first-order chi connectivity index (χ1) is 12.4. The van der Waals surface area contributed by atoms with E-state index in [1.165, 1.54) is 5.69 Å². The Morgan fingerprint density at radius 1 is 1.38 bits per heavy atom. The topological polar surface area (TPSA) is 85.8 Å². The fourth-order valence-electron chi connectivity index (χ4n) is 4.25. The molecule has 0 spiro atoms. The van der Waals surface area contributed by atoms with Crippen molar-refractivity contribution in [3.63, 3.8) is 0 Å². The number of rotatable bonds is 3. The zero-order valence-electron chi connectivity index (χ0n) is 15.5. The Morgan fingerprint density at radius 2 is 2.23 bits per heavy atom. The molecule has 1 aliphatic heterocycles. The summed E-state index contributed by atoms with van der Waals surface area (Å²) >= 11 is 0. The van der Waals surface area contributed by atoms with E-state index >= 15 is 0 Å². The van der Waals surface area contributed by atoms with E-state index in [1.54, 1.807) is 6.20 Å². The molecule has 0 radical (unpaired) electrons. The molecule has 6 heteroatoms. The van der Waals surface area contributed by atoms with E-state index in [-0.39, 0.29) is 23.3 Å². The number of aromatic nitrogens is 3. The molecule has 0 unspecified atom stereocenters. The lowest BCUT2D eigenvalue weighted by Gasteiger charge is -2.25. The Morgan fingerprint density at radius 3 is 3.04 bits per heavy atom. The zero-order chi connectivity index (χ0) is 18.3. The molecule has 3 heterocycles. The Labute approximate surface area is 154 Å². The minimum Gasteiger partial charge on any atom is -0.328 e. The van der Waals surface area contributed by atoms with Crippen molar-refractivity contribution in [2.45, 2.75) is 58.5 Å². The van der Waals surface area contributed by atoms with Crippen molar-refractivity contribution < 1.29 is 4.79 Å². The molecule has 1 aliphatic carbocycles. The maximum atomic E-state index is 12.6. The van der Waals surface area contributed by atoms with Gasteiger partial charge in [-0.05, 0) is 48.8 Å². The molecule has 4 rings (SSSR count). The van der Waals surface area contributed by atoms with Crippen LogP contribution in [0.5, 0.6) is 0 Å². The third-order valence-corrected chi connectivity index (χ3v) is 5.58. The molecular formula is C20H27N5O. The second kappa shape index (κ2) is 6.50. The third kappa shape index (κ3) is 3.38. The van der Waals surface area contributed by atoms with Crippen molar-refractivity contribution in [3.8, 4) is 11.1 Å². The van der Waals surface area contributed by atoms with Crippen molar-refractivity contribution in [1.82, 2.24) is 14.8 Å². The zero-order valence-corrected chi connectivity index (χ0v) is 15.5. The van der Waals surface area contributed by atoms with Crippen molar-refractivity contribution in [2.24, 2.45) is 17.1 Å². The van der Waals surface area contributed by atoms with Gasteiger partial charge in [0.1, 0.15) is 5.82 Å². The molecule has 2 aliphatic rings. The molecule has 0 aromatic carbocycles. The third-order valence-electron chi connectivity index (χ3n) is 5.58. The summed E-state index contributed by atoms with van der Waals surface area (Å²) in [5.74, 6) is 0.625. The summed E-state index contributed by atoms with van der Waals surface area (Å²) in [6.45, 7) is 5.47. The first-order valence-corrected chi connectivity index (χ1v) is 9.49. The van der Waals surface area contributed by atoms with Crippen molar-refractivity contribution >= 4 is 11.7 Å². The van der Waals surface area contributed by atoms with Gasteiger partial charge in [-0.1, -0.05) is 20.3 Å². The summed E-state index contributed by atoms with van der Waals surface area (Å²) in [5.41, 5.74) is 9.70. The second-order valence-electron chi connectivity index (χ2n) is 8.55. The van der Waals surface area contributed by atoms with Crippen LogP contribution in [0.2, 0.25) is 0 Å². The number of hydrogen-bond donors (Lipinski definition) is 2. The van der Waals surface area contributed by atoms with Crippen LogP contribution in [0.25, 0.3) is 11.1 Å². The van der Waals surface area contributed by atoms with Crippen LogP contribution in [0.4, 0.5) is 5.82 Å². The van der Waals surface area contributed by atoms with Gasteiger partial charge in [0.05, 0.1) is 6.20 Å². The van der Waals surface area contributed by atoms with Crippen molar-refractivity contribution in [1.29, 1.82) is 0 Å². The summed E-state index contributed by atoms with van der Waals surface area (Å²) in [6.07, 6.45) is 8.38. The minimum absolute atomic E-state index is 0.00889. The summed E-state index contributed by atoms with van der Waals surface area (Å²) in [6, 6.07) is 4.07. The van der Waals surface area contributed by atoms with Gasteiger partial charge in [-0.25, -0.2) is 4.98 Å². The van der Waals surface area contributed by atoms with E-state index in [0.29, 0.717) is 5.82 Å². The van der Waals surface area contributed by atoms with E-state index in [9.17, 15) is 4.79 Å². The number of nitrogens with two attached hydrogens (primary N) is 1. The van der Waals surface area contributed by atoms with E-state index in [0.717, 1.165) is 49.8 Å². The molecule has 1 fully saturated rings. The van der Waals surface area contributed by atoms with Gasteiger partial charge in [-0.15, -0.1) is 0 Å². The summed E-state index contributed by atoms with van der Waals surface area (Å²) in [5, 5.41) is 7.52. The van der Waals surface area contributed by atoms with Gasteiger partial charge in [-0.3, -0.25) is 9.48 Å². The molecule has 3 N–H and O–H groups in total. The molecule has 2 aromatic heterocycles. The van der Waals surface area contributed by atoms with Gasteiger partial charge in [0.25, 0.3) is 0 Å². The molecular weight excluding hydrogens is 326 g/mol.